The topological polar surface area (TPSA) is 80.6 Å². The van der Waals surface area contributed by atoms with Gasteiger partial charge in [0, 0.05) is 11.8 Å². The summed E-state index contributed by atoms with van der Waals surface area (Å²) in [7, 11) is 0. The van der Waals surface area contributed by atoms with E-state index in [1.54, 1.807) is 40.9 Å². The number of aromatic nitrogens is 2. The van der Waals surface area contributed by atoms with Crippen molar-refractivity contribution in [3.8, 4) is 11.4 Å². The summed E-state index contributed by atoms with van der Waals surface area (Å²) in [5, 5.41) is 9.77. The number of hydrogen-bond acceptors (Lipinski definition) is 3. The number of anilines is 1. The molecule has 0 atom stereocenters. The monoisotopic (exact) mass is 287 g/mol. The first-order valence-electron chi connectivity index (χ1n) is 5.84. The molecule has 3 N–H and O–H groups in total. The number of carboxylic acids is 1. The first-order chi connectivity index (χ1) is 9.59. The van der Waals surface area contributed by atoms with Gasteiger partial charge in [-0.05, 0) is 24.3 Å². The van der Waals surface area contributed by atoms with Crippen LogP contribution in [0.4, 0.5) is 5.69 Å². The van der Waals surface area contributed by atoms with Crippen molar-refractivity contribution in [2.24, 2.45) is 0 Å². The Morgan fingerprint density at radius 1 is 1.25 bits per heavy atom. The Morgan fingerprint density at radius 3 is 2.70 bits per heavy atom. The number of carbonyl (C=O) groups is 1. The zero-order valence-electron chi connectivity index (χ0n) is 10.2. The number of nitrogen functional groups attached to an aromatic ring is 1. The number of fused-ring (bicyclic) bond motifs is 1. The van der Waals surface area contributed by atoms with Crippen molar-refractivity contribution in [3.05, 3.63) is 53.3 Å². The van der Waals surface area contributed by atoms with Gasteiger partial charge in [-0.25, -0.2) is 9.78 Å². The molecule has 3 rings (SSSR count). The van der Waals surface area contributed by atoms with Crippen LogP contribution in [0.5, 0.6) is 0 Å². The molecule has 0 saturated carbocycles. The largest absolute Gasteiger partial charge is 0.476 e. The maximum atomic E-state index is 11.3. The fourth-order valence-electron chi connectivity index (χ4n) is 2.15. The minimum absolute atomic E-state index is 0.0852. The number of imidazole rings is 1. The fraction of sp³-hybridized carbons (Fsp3) is 0. The van der Waals surface area contributed by atoms with Crippen LogP contribution < -0.4 is 5.73 Å². The maximum Gasteiger partial charge on any atom is 0.356 e. The van der Waals surface area contributed by atoms with Crippen LogP contribution in [0.25, 0.3) is 16.9 Å². The average Bonchev–Trinajstić information content (AvgIpc) is 2.80. The third kappa shape index (κ3) is 1.80. The predicted octanol–water partition coefficient (Wildman–Crippen LogP) is 2.94. The van der Waals surface area contributed by atoms with Gasteiger partial charge in [0.1, 0.15) is 11.3 Å². The molecule has 6 heteroatoms. The van der Waals surface area contributed by atoms with E-state index in [-0.39, 0.29) is 5.69 Å². The van der Waals surface area contributed by atoms with Crippen molar-refractivity contribution in [1.82, 2.24) is 9.38 Å². The smallest absolute Gasteiger partial charge is 0.356 e. The van der Waals surface area contributed by atoms with E-state index in [4.69, 9.17) is 17.3 Å². The third-order valence-corrected chi connectivity index (χ3v) is 3.34. The second-order valence-corrected chi connectivity index (χ2v) is 4.66. The molecule has 0 unspecified atom stereocenters. The van der Waals surface area contributed by atoms with Gasteiger partial charge in [0.2, 0.25) is 0 Å². The van der Waals surface area contributed by atoms with E-state index >= 15 is 0 Å². The predicted molar refractivity (Wildman–Crippen MR) is 77.0 cm³/mol. The van der Waals surface area contributed by atoms with Crippen molar-refractivity contribution < 1.29 is 9.90 Å². The summed E-state index contributed by atoms with van der Waals surface area (Å²) in [5.41, 5.74) is 7.16. The van der Waals surface area contributed by atoms with E-state index in [0.717, 1.165) is 0 Å². The van der Waals surface area contributed by atoms with Gasteiger partial charge >= 0.3 is 5.97 Å². The molecule has 1 aromatic carbocycles. The van der Waals surface area contributed by atoms with Gasteiger partial charge in [-0.15, -0.1) is 0 Å². The molecule has 0 aliphatic heterocycles. The molecule has 0 aliphatic carbocycles. The Labute approximate surface area is 119 Å². The molecule has 2 aromatic heterocycles. The SMILES string of the molecule is Nc1cccn2c(-c3ccccc3Cl)nc(C(=O)O)c12. The molecular weight excluding hydrogens is 278 g/mol. The lowest BCUT2D eigenvalue weighted by atomic mass is 10.2. The first-order valence-corrected chi connectivity index (χ1v) is 6.22. The summed E-state index contributed by atoms with van der Waals surface area (Å²) in [4.78, 5) is 15.5. The number of nitrogens with zero attached hydrogens (tertiary/aromatic N) is 2. The highest BCUT2D eigenvalue weighted by Crippen LogP contribution is 2.30. The van der Waals surface area contributed by atoms with Crippen LogP contribution in [0.1, 0.15) is 10.5 Å². The van der Waals surface area contributed by atoms with Gasteiger partial charge in [-0.2, -0.15) is 0 Å². The zero-order valence-corrected chi connectivity index (χ0v) is 11.0. The molecule has 0 saturated heterocycles. The number of hydrogen-bond donors (Lipinski definition) is 2. The van der Waals surface area contributed by atoms with Gasteiger partial charge in [0.05, 0.1) is 10.7 Å². The number of benzene rings is 1. The number of nitrogens with two attached hydrogens (primary N) is 1. The van der Waals surface area contributed by atoms with E-state index in [2.05, 4.69) is 4.98 Å². The van der Waals surface area contributed by atoms with Gasteiger partial charge in [0.15, 0.2) is 5.69 Å². The highest BCUT2D eigenvalue weighted by Gasteiger charge is 2.20. The maximum absolute atomic E-state index is 11.3. The molecule has 0 amide bonds. The minimum atomic E-state index is -1.13. The van der Waals surface area contributed by atoms with Crippen molar-refractivity contribution in [1.29, 1.82) is 0 Å². The molecule has 0 aliphatic rings. The van der Waals surface area contributed by atoms with Crippen LogP contribution >= 0.6 is 11.6 Å². The van der Waals surface area contributed by atoms with Crippen molar-refractivity contribution in [2.75, 3.05) is 5.73 Å². The van der Waals surface area contributed by atoms with E-state index in [1.165, 1.54) is 0 Å². The van der Waals surface area contributed by atoms with Crippen molar-refractivity contribution in [2.45, 2.75) is 0 Å². The van der Waals surface area contributed by atoms with Gasteiger partial charge in [0.25, 0.3) is 0 Å². The zero-order chi connectivity index (χ0) is 14.3. The molecule has 0 spiro atoms. The molecule has 0 bridgehead atoms. The molecule has 20 heavy (non-hydrogen) atoms. The summed E-state index contributed by atoms with van der Waals surface area (Å²) in [6.45, 7) is 0. The number of carboxylic acid groups (broad SMARTS) is 1. The number of halogens is 1. The molecule has 3 aromatic rings. The van der Waals surface area contributed by atoms with Crippen LogP contribution in [0.2, 0.25) is 5.02 Å². The van der Waals surface area contributed by atoms with Gasteiger partial charge < -0.3 is 10.8 Å². The van der Waals surface area contributed by atoms with E-state index in [1.807, 2.05) is 6.07 Å². The summed E-state index contributed by atoms with van der Waals surface area (Å²) in [6.07, 6.45) is 1.71. The lowest BCUT2D eigenvalue weighted by molar-refractivity contribution is 0.0693. The van der Waals surface area contributed by atoms with Crippen LogP contribution in [0, 0.1) is 0 Å². The average molecular weight is 288 g/mol. The highest BCUT2D eigenvalue weighted by atomic mass is 35.5. The lowest BCUT2D eigenvalue weighted by Gasteiger charge is -2.04. The van der Waals surface area contributed by atoms with Gasteiger partial charge in [-0.3, -0.25) is 4.40 Å². The number of pyridine rings is 1. The van der Waals surface area contributed by atoms with Crippen LogP contribution in [0.3, 0.4) is 0 Å². The fourth-order valence-corrected chi connectivity index (χ4v) is 2.37. The van der Waals surface area contributed by atoms with E-state index in [0.29, 0.717) is 27.6 Å². The lowest BCUT2D eigenvalue weighted by Crippen LogP contribution is -2.00. The first kappa shape index (κ1) is 12.5. The molecule has 5 nitrogen and oxygen atoms in total. The Bertz CT molecular complexity index is 826. The van der Waals surface area contributed by atoms with Crippen molar-refractivity contribution >= 4 is 28.8 Å². The summed E-state index contributed by atoms with van der Waals surface area (Å²) in [5.74, 6) is -0.672. The quantitative estimate of drug-likeness (QED) is 0.759. The van der Waals surface area contributed by atoms with Gasteiger partial charge in [-0.1, -0.05) is 23.7 Å². The second-order valence-electron chi connectivity index (χ2n) is 4.25. The third-order valence-electron chi connectivity index (χ3n) is 3.01. The second kappa shape index (κ2) is 4.54. The highest BCUT2D eigenvalue weighted by molar-refractivity contribution is 6.33. The Morgan fingerprint density at radius 2 is 2.00 bits per heavy atom. The molecule has 0 fully saturated rings. The minimum Gasteiger partial charge on any atom is -0.476 e. The van der Waals surface area contributed by atoms with Crippen LogP contribution in [-0.2, 0) is 0 Å². The summed E-state index contributed by atoms with van der Waals surface area (Å²) < 4.78 is 1.64. The summed E-state index contributed by atoms with van der Waals surface area (Å²) >= 11 is 6.16. The summed E-state index contributed by atoms with van der Waals surface area (Å²) in [6, 6.07) is 10.5. The molecule has 100 valence electrons. The van der Waals surface area contributed by atoms with Crippen LogP contribution in [-0.4, -0.2) is 20.5 Å². The standard InChI is InChI=1S/C14H10ClN3O2/c15-9-5-2-1-4-8(9)13-17-11(14(19)20)12-10(16)6-3-7-18(12)13/h1-7H,16H2,(H,19,20). The Kier molecular flexibility index (Phi) is 2.84. The molecular formula is C14H10ClN3O2. The number of aromatic carboxylic acids is 1. The van der Waals surface area contributed by atoms with E-state index in [9.17, 15) is 9.90 Å². The molecule has 2 heterocycles. The Hall–Kier alpha value is -2.53. The van der Waals surface area contributed by atoms with Crippen LogP contribution in [0.15, 0.2) is 42.6 Å². The Balaban J connectivity index is 2.41. The molecule has 0 radical (unpaired) electrons. The van der Waals surface area contributed by atoms with Crippen molar-refractivity contribution in [3.63, 3.8) is 0 Å². The normalized spacial score (nSPS) is 10.8. The number of rotatable bonds is 2. The van der Waals surface area contributed by atoms with E-state index < -0.39 is 5.97 Å².